The first-order valence-electron chi connectivity index (χ1n) is 7.29. The van der Waals surface area contributed by atoms with Gasteiger partial charge in [0, 0.05) is 12.1 Å². The molecule has 0 aromatic heterocycles. The quantitative estimate of drug-likeness (QED) is 0.898. The molecule has 1 atom stereocenters. The molecule has 1 unspecified atom stereocenters. The maximum absolute atomic E-state index is 6.10. The molecule has 0 saturated heterocycles. The fourth-order valence-corrected chi connectivity index (χ4v) is 2.74. The van der Waals surface area contributed by atoms with Crippen LogP contribution >= 0.6 is 0 Å². The van der Waals surface area contributed by atoms with Crippen LogP contribution in [0, 0.1) is 5.92 Å². The zero-order valence-corrected chi connectivity index (χ0v) is 12.9. The summed E-state index contributed by atoms with van der Waals surface area (Å²) in [5, 5.41) is 0. The molecule has 0 bridgehead atoms. The Morgan fingerprint density at radius 3 is 2.75 bits per heavy atom. The SMILES string of the molecule is CCOc1ccccc1C1(C)CN=C(N)N1CC(C)C. The van der Waals surface area contributed by atoms with Crippen molar-refractivity contribution in [2.24, 2.45) is 16.6 Å². The molecule has 1 heterocycles. The predicted molar refractivity (Wildman–Crippen MR) is 83.0 cm³/mol. The summed E-state index contributed by atoms with van der Waals surface area (Å²) in [5.74, 6) is 2.09. The second kappa shape index (κ2) is 5.73. The smallest absolute Gasteiger partial charge is 0.192 e. The van der Waals surface area contributed by atoms with Crippen LogP contribution in [0.1, 0.15) is 33.3 Å². The third-order valence-electron chi connectivity index (χ3n) is 3.74. The summed E-state index contributed by atoms with van der Waals surface area (Å²) in [4.78, 5) is 6.67. The number of hydrogen-bond acceptors (Lipinski definition) is 4. The van der Waals surface area contributed by atoms with E-state index in [1.807, 2.05) is 25.1 Å². The van der Waals surface area contributed by atoms with Gasteiger partial charge in [0.15, 0.2) is 5.96 Å². The molecule has 4 heteroatoms. The highest BCUT2D eigenvalue weighted by Gasteiger charge is 2.41. The van der Waals surface area contributed by atoms with Crippen molar-refractivity contribution in [3.8, 4) is 5.75 Å². The highest BCUT2D eigenvalue weighted by atomic mass is 16.5. The van der Waals surface area contributed by atoms with Crippen molar-refractivity contribution in [1.29, 1.82) is 0 Å². The summed E-state index contributed by atoms with van der Waals surface area (Å²) >= 11 is 0. The van der Waals surface area contributed by atoms with Gasteiger partial charge in [-0.25, -0.2) is 0 Å². The first kappa shape index (κ1) is 14.7. The number of hydrogen-bond donors (Lipinski definition) is 1. The van der Waals surface area contributed by atoms with Crippen LogP contribution in [-0.2, 0) is 5.54 Å². The topological polar surface area (TPSA) is 50.9 Å². The highest BCUT2D eigenvalue weighted by Crippen LogP contribution is 2.38. The summed E-state index contributed by atoms with van der Waals surface area (Å²) in [5.41, 5.74) is 7.04. The summed E-state index contributed by atoms with van der Waals surface area (Å²) in [6.07, 6.45) is 0. The van der Waals surface area contributed by atoms with E-state index in [0.29, 0.717) is 25.0 Å². The lowest BCUT2D eigenvalue weighted by Gasteiger charge is -2.38. The molecule has 1 aliphatic heterocycles. The van der Waals surface area contributed by atoms with Gasteiger partial charge in [0.1, 0.15) is 5.75 Å². The maximum Gasteiger partial charge on any atom is 0.192 e. The summed E-state index contributed by atoms with van der Waals surface area (Å²) in [6, 6.07) is 8.19. The van der Waals surface area contributed by atoms with Crippen molar-refractivity contribution in [3.63, 3.8) is 0 Å². The minimum Gasteiger partial charge on any atom is -0.494 e. The molecule has 0 spiro atoms. The van der Waals surface area contributed by atoms with Gasteiger partial charge in [-0.15, -0.1) is 0 Å². The standard InChI is InChI=1S/C16H25N3O/c1-5-20-14-9-7-6-8-13(14)16(4)11-18-15(17)19(16)10-12(2)3/h6-9,12H,5,10-11H2,1-4H3,(H2,17,18). The molecule has 0 saturated carbocycles. The van der Waals surface area contributed by atoms with Gasteiger partial charge < -0.3 is 15.4 Å². The average molecular weight is 275 g/mol. The Morgan fingerprint density at radius 1 is 1.40 bits per heavy atom. The predicted octanol–water partition coefficient (Wildman–Crippen LogP) is 2.59. The van der Waals surface area contributed by atoms with Crippen LogP contribution in [0.15, 0.2) is 29.3 Å². The molecule has 4 nitrogen and oxygen atoms in total. The van der Waals surface area contributed by atoms with E-state index in [4.69, 9.17) is 10.5 Å². The van der Waals surface area contributed by atoms with E-state index >= 15 is 0 Å². The lowest BCUT2D eigenvalue weighted by atomic mass is 9.89. The van der Waals surface area contributed by atoms with Gasteiger partial charge >= 0.3 is 0 Å². The van der Waals surface area contributed by atoms with E-state index in [0.717, 1.165) is 17.9 Å². The monoisotopic (exact) mass is 275 g/mol. The van der Waals surface area contributed by atoms with Crippen molar-refractivity contribution < 1.29 is 4.74 Å². The molecule has 0 amide bonds. The zero-order chi connectivity index (χ0) is 14.8. The van der Waals surface area contributed by atoms with Crippen LogP contribution in [-0.4, -0.2) is 30.6 Å². The Bertz CT molecular complexity index is 498. The summed E-state index contributed by atoms with van der Waals surface area (Å²) in [6.45, 7) is 10.8. The fraction of sp³-hybridized carbons (Fsp3) is 0.562. The second-order valence-corrected chi connectivity index (χ2v) is 5.88. The number of aliphatic imine (C=N–C) groups is 1. The Balaban J connectivity index is 2.39. The largest absolute Gasteiger partial charge is 0.494 e. The van der Waals surface area contributed by atoms with Crippen LogP contribution in [0.5, 0.6) is 5.75 Å². The Labute approximate surface area is 121 Å². The van der Waals surface area contributed by atoms with Crippen molar-refractivity contribution in [2.45, 2.75) is 33.2 Å². The van der Waals surface area contributed by atoms with Crippen molar-refractivity contribution in [2.75, 3.05) is 19.7 Å². The van der Waals surface area contributed by atoms with Gasteiger partial charge in [-0.2, -0.15) is 0 Å². The van der Waals surface area contributed by atoms with E-state index in [1.165, 1.54) is 0 Å². The fourth-order valence-electron chi connectivity index (χ4n) is 2.74. The first-order chi connectivity index (χ1) is 9.49. The van der Waals surface area contributed by atoms with E-state index in [2.05, 4.69) is 36.7 Å². The summed E-state index contributed by atoms with van der Waals surface area (Å²) in [7, 11) is 0. The zero-order valence-electron chi connectivity index (χ0n) is 12.9. The normalized spacial score (nSPS) is 22.2. The van der Waals surface area contributed by atoms with Gasteiger partial charge in [-0.05, 0) is 25.8 Å². The van der Waals surface area contributed by atoms with Crippen LogP contribution in [0.25, 0.3) is 0 Å². The van der Waals surface area contributed by atoms with E-state index in [9.17, 15) is 0 Å². The number of ether oxygens (including phenoxy) is 1. The molecular formula is C16H25N3O. The average Bonchev–Trinajstić information content (AvgIpc) is 2.69. The van der Waals surface area contributed by atoms with Gasteiger partial charge in [0.05, 0.1) is 18.7 Å². The number of guanidine groups is 1. The summed E-state index contributed by atoms with van der Waals surface area (Å²) < 4.78 is 5.78. The number of nitrogens with two attached hydrogens (primary N) is 1. The van der Waals surface area contributed by atoms with Crippen LogP contribution in [0.3, 0.4) is 0 Å². The van der Waals surface area contributed by atoms with Gasteiger partial charge in [-0.3, -0.25) is 4.99 Å². The number of rotatable bonds is 5. The molecule has 110 valence electrons. The third-order valence-corrected chi connectivity index (χ3v) is 3.74. The Morgan fingerprint density at radius 2 is 2.10 bits per heavy atom. The van der Waals surface area contributed by atoms with Gasteiger partial charge in [-0.1, -0.05) is 32.0 Å². The van der Waals surface area contributed by atoms with Gasteiger partial charge in [0.25, 0.3) is 0 Å². The number of benzene rings is 1. The molecule has 1 aromatic carbocycles. The van der Waals surface area contributed by atoms with Crippen LogP contribution in [0.4, 0.5) is 0 Å². The molecule has 0 fully saturated rings. The third kappa shape index (κ3) is 2.60. The van der Waals surface area contributed by atoms with Crippen LogP contribution < -0.4 is 10.5 Å². The molecule has 2 N–H and O–H groups in total. The Hall–Kier alpha value is -1.71. The molecule has 1 aromatic rings. The number of nitrogens with zero attached hydrogens (tertiary/aromatic N) is 2. The van der Waals surface area contributed by atoms with Crippen LogP contribution in [0.2, 0.25) is 0 Å². The van der Waals surface area contributed by atoms with Crippen molar-refractivity contribution in [3.05, 3.63) is 29.8 Å². The molecule has 0 aliphatic carbocycles. The lowest BCUT2D eigenvalue weighted by Crippen LogP contribution is -2.49. The molecule has 0 radical (unpaired) electrons. The maximum atomic E-state index is 6.10. The minimum atomic E-state index is -0.222. The minimum absolute atomic E-state index is 0.222. The van der Waals surface area contributed by atoms with Crippen molar-refractivity contribution in [1.82, 2.24) is 4.90 Å². The van der Waals surface area contributed by atoms with E-state index < -0.39 is 0 Å². The highest BCUT2D eigenvalue weighted by molar-refractivity contribution is 5.81. The van der Waals surface area contributed by atoms with E-state index in [1.54, 1.807) is 0 Å². The molecule has 2 rings (SSSR count). The van der Waals surface area contributed by atoms with Gasteiger partial charge in [0.2, 0.25) is 0 Å². The lowest BCUT2D eigenvalue weighted by molar-refractivity contribution is 0.196. The second-order valence-electron chi connectivity index (χ2n) is 5.88. The molecular weight excluding hydrogens is 250 g/mol. The molecule has 1 aliphatic rings. The number of para-hydroxylation sites is 1. The van der Waals surface area contributed by atoms with Crippen molar-refractivity contribution >= 4 is 5.96 Å². The first-order valence-corrected chi connectivity index (χ1v) is 7.29. The Kier molecular flexibility index (Phi) is 4.21. The molecule has 20 heavy (non-hydrogen) atoms. The van der Waals surface area contributed by atoms with E-state index in [-0.39, 0.29) is 5.54 Å².